The van der Waals surface area contributed by atoms with E-state index in [0.29, 0.717) is 11.1 Å². The molecule has 2 bridgehead atoms. The molecule has 0 aromatic carbocycles. The quantitative estimate of drug-likeness (QED) is 0.340. The molecule has 27 heavy (non-hydrogen) atoms. The van der Waals surface area contributed by atoms with E-state index in [0.717, 1.165) is 0 Å². The Labute approximate surface area is 157 Å². The summed E-state index contributed by atoms with van der Waals surface area (Å²) in [5, 5.41) is 11.1. The maximum atomic E-state index is 12.6. The minimum Gasteiger partial charge on any atom is -0.458 e. The number of fused-ring (bicyclic) bond motifs is 1. The fraction of sp³-hybridized carbons (Fsp3) is 0.600. The van der Waals surface area contributed by atoms with Gasteiger partial charge in [0.1, 0.15) is 11.7 Å². The van der Waals surface area contributed by atoms with E-state index in [9.17, 15) is 14.7 Å². The molecule has 2 aliphatic carbocycles. The highest BCUT2D eigenvalue weighted by Gasteiger charge is 2.77. The van der Waals surface area contributed by atoms with Crippen molar-refractivity contribution >= 4 is 11.9 Å². The first-order chi connectivity index (χ1) is 12.6. The van der Waals surface area contributed by atoms with E-state index in [2.05, 4.69) is 6.58 Å². The highest BCUT2D eigenvalue weighted by atomic mass is 17.2. The predicted octanol–water partition coefficient (Wildman–Crippen LogP) is 1.76. The monoisotopic (exact) mass is 376 g/mol. The van der Waals surface area contributed by atoms with Crippen LogP contribution in [-0.4, -0.2) is 46.1 Å². The van der Waals surface area contributed by atoms with Crippen LogP contribution in [0, 0.1) is 11.8 Å². The van der Waals surface area contributed by atoms with Gasteiger partial charge in [-0.15, -0.1) is 0 Å². The first-order valence-corrected chi connectivity index (χ1v) is 9.11. The summed E-state index contributed by atoms with van der Waals surface area (Å²) < 4.78 is 11.5. The van der Waals surface area contributed by atoms with Gasteiger partial charge < -0.3 is 14.6 Å². The first kappa shape index (κ1) is 18.4. The summed E-state index contributed by atoms with van der Waals surface area (Å²) in [5.41, 5.74) is -2.87. The van der Waals surface area contributed by atoms with Crippen molar-refractivity contribution in [2.45, 2.75) is 63.1 Å². The van der Waals surface area contributed by atoms with Crippen LogP contribution < -0.4 is 0 Å². The molecule has 0 aromatic rings. The molecule has 2 heterocycles. The zero-order valence-electron chi connectivity index (χ0n) is 15.9. The second kappa shape index (κ2) is 5.53. The number of ether oxygens (including phenoxy) is 2. The Morgan fingerprint density at radius 2 is 2.07 bits per heavy atom. The zero-order chi connectivity index (χ0) is 19.8. The second-order valence-electron chi connectivity index (χ2n) is 8.18. The molecule has 0 radical (unpaired) electrons. The topological polar surface area (TPSA) is 91.3 Å². The van der Waals surface area contributed by atoms with Crippen LogP contribution in [0.5, 0.6) is 0 Å². The van der Waals surface area contributed by atoms with Crippen LogP contribution in [-0.2, 0) is 28.8 Å². The summed E-state index contributed by atoms with van der Waals surface area (Å²) >= 11 is 0. The molecule has 7 nitrogen and oxygen atoms in total. The molecule has 4 aliphatic rings. The van der Waals surface area contributed by atoms with E-state index in [1.165, 1.54) is 0 Å². The number of allylic oxidation sites excluding steroid dienone is 1. The Morgan fingerprint density at radius 1 is 1.37 bits per heavy atom. The molecule has 0 spiro atoms. The van der Waals surface area contributed by atoms with Crippen molar-refractivity contribution in [3.05, 3.63) is 36.0 Å². The molecule has 1 N–H and O–H groups in total. The number of hydrogen-bond acceptors (Lipinski definition) is 7. The molecule has 3 unspecified atom stereocenters. The van der Waals surface area contributed by atoms with Gasteiger partial charge in [-0.3, -0.25) is 0 Å². The number of carbonyl (C=O) groups excluding carboxylic acids is 2. The van der Waals surface area contributed by atoms with Crippen molar-refractivity contribution in [3.8, 4) is 0 Å². The molecule has 3 fully saturated rings. The predicted molar refractivity (Wildman–Crippen MR) is 93.0 cm³/mol. The van der Waals surface area contributed by atoms with Gasteiger partial charge in [0.05, 0.1) is 12.0 Å². The van der Waals surface area contributed by atoms with E-state index >= 15 is 0 Å². The van der Waals surface area contributed by atoms with Crippen LogP contribution in [0.1, 0.15) is 34.1 Å². The van der Waals surface area contributed by atoms with Gasteiger partial charge in [-0.1, -0.05) is 18.7 Å². The summed E-state index contributed by atoms with van der Waals surface area (Å²) in [5.74, 6) is -1.93. The zero-order valence-corrected chi connectivity index (χ0v) is 15.9. The Balaban J connectivity index is 1.85. The van der Waals surface area contributed by atoms with Gasteiger partial charge in [-0.2, -0.15) is 0 Å². The standard InChI is InChI=1S/C20H24O7/c1-6-10(2)16(22)25-19(5)13(21)9-12-11(3)17(23)24-14(12)15-18(4)7-8-20(15,19)27-26-18/h6-8,12-15,21H,3,9H2,1-2,4-5H3/b10-6+/t12-,13+,14?,15?,18-,19+,20?/m0/s1. The number of hydrogen-bond donors (Lipinski definition) is 1. The van der Waals surface area contributed by atoms with Gasteiger partial charge in [-0.05, 0) is 40.2 Å². The van der Waals surface area contributed by atoms with Gasteiger partial charge >= 0.3 is 11.9 Å². The molecule has 2 saturated heterocycles. The van der Waals surface area contributed by atoms with Crippen molar-refractivity contribution < 1.29 is 33.9 Å². The Hall–Kier alpha value is -1.96. The lowest BCUT2D eigenvalue weighted by atomic mass is 9.70. The maximum Gasteiger partial charge on any atom is 0.334 e. The third kappa shape index (κ3) is 2.13. The SMILES string of the molecule is C=C1C(=O)OC2C3C4(C=C[C@]3(C)OO4)[C@](C)(OC(=O)/C(C)=C/C)[C@H](O)C[C@@H]12. The third-order valence-corrected chi connectivity index (χ3v) is 6.73. The first-order valence-electron chi connectivity index (χ1n) is 9.11. The summed E-state index contributed by atoms with van der Waals surface area (Å²) in [7, 11) is 0. The molecule has 4 rings (SSSR count). The van der Waals surface area contributed by atoms with Crippen LogP contribution in [0.2, 0.25) is 0 Å². The number of rotatable bonds is 2. The highest BCUT2D eigenvalue weighted by Crippen LogP contribution is 2.62. The van der Waals surface area contributed by atoms with Gasteiger partial charge in [0.2, 0.25) is 0 Å². The van der Waals surface area contributed by atoms with E-state index in [1.54, 1.807) is 32.9 Å². The second-order valence-corrected chi connectivity index (χ2v) is 8.18. The third-order valence-electron chi connectivity index (χ3n) is 6.73. The molecule has 1 saturated carbocycles. The van der Waals surface area contributed by atoms with E-state index < -0.39 is 52.8 Å². The maximum absolute atomic E-state index is 12.6. The number of aliphatic hydroxyl groups excluding tert-OH is 1. The molecule has 0 aromatic heterocycles. The average Bonchev–Trinajstić information content (AvgIpc) is 3.18. The van der Waals surface area contributed by atoms with Crippen LogP contribution in [0.15, 0.2) is 36.0 Å². The van der Waals surface area contributed by atoms with Crippen molar-refractivity contribution in [1.29, 1.82) is 0 Å². The summed E-state index contributed by atoms with van der Waals surface area (Å²) in [6.45, 7) is 10.7. The highest BCUT2D eigenvalue weighted by molar-refractivity contribution is 5.91. The van der Waals surface area contributed by atoms with Crippen molar-refractivity contribution in [3.63, 3.8) is 0 Å². The minimum atomic E-state index is -1.44. The minimum absolute atomic E-state index is 0.166. The number of esters is 2. The van der Waals surface area contributed by atoms with Crippen LogP contribution in [0.4, 0.5) is 0 Å². The molecular weight excluding hydrogens is 352 g/mol. The lowest BCUT2D eigenvalue weighted by molar-refractivity contribution is -0.366. The van der Waals surface area contributed by atoms with Crippen molar-refractivity contribution in [1.82, 2.24) is 0 Å². The smallest absolute Gasteiger partial charge is 0.334 e. The van der Waals surface area contributed by atoms with E-state index in [-0.39, 0.29) is 6.42 Å². The fourth-order valence-corrected chi connectivity index (χ4v) is 4.84. The largest absolute Gasteiger partial charge is 0.458 e. The van der Waals surface area contributed by atoms with Crippen LogP contribution in [0.25, 0.3) is 0 Å². The van der Waals surface area contributed by atoms with Crippen LogP contribution in [0.3, 0.4) is 0 Å². The normalized spacial score (nSPS) is 48.1. The lowest BCUT2D eigenvalue weighted by Gasteiger charge is -2.44. The molecule has 7 heteroatoms. The van der Waals surface area contributed by atoms with Gasteiger partial charge in [0.25, 0.3) is 0 Å². The molecular formula is C20H24O7. The van der Waals surface area contributed by atoms with Crippen molar-refractivity contribution in [2.75, 3.05) is 0 Å². The van der Waals surface area contributed by atoms with E-state index in [1.807, 2.05) is 13.0 Å². The summed E-state index contributed by atoms with van der Waals surface area (Å²) in [6, 6.07) is 0. The van der Waals surface area contributed by atoms with Gasteiger partial charge in [0, 0.05) is 17.1 Å². The van der Waals surface area contributed by atoms with E-state index in [4.69, 9.17) is 19.2 Å². The molecule has 146 valence electrons. The fourth-order valence-electron chi connectivity index (χ4n) is 4.84. The Morgan fingerprint density at radius 3 is 2.67 bits per heavy atom. The van der Waals surface area contributed by atoms with Crippen LogP contribution >= 0.6 is 0 Å². The Kier molecular flexibility index (Phi) is 3.77. The average molecular weight is 376 g/mol. The van der Waals surface area contributed by atoms with Gasteiger partial charge in [0.15, 0.2) is 11.2 Å². The van der Waals surface area contributed by atoms with Gasteiger partial charge in [-0.25, -0.2) is 19.4 Å². The Bertz CT molecular complexity index is 798. The molecule has 0 amide bonds. The number of aliphatic hydroxyl groups is 1. The number of carbonyl (C=O) groups is 2. The lowest BCUT2D eigenvalue weighted by Crippen LogP contribution is -2.63. The molecule has 2 aliphatic heterocycles. The van der Waals surface area contributed by atoms with Crippen molar-refractivity contribution in [2.24, 2.45) is 11.8 Å². The summed E-state index contributed by atoms with van der Waals surface area (Å²) in [4.78, 5) is 36.1. The molecule has 7 atom stereocenters. The summed E-state index contributed by atoms with van der Waals surface area (Å²) in [6.07, 6.45) is 3.68.